The maximum absolute atomic E-state index is 6.00. The molecule has 2 aromatic rings. The molecule has 4 rings (SSSR count). The van der Waals surface area contributed by atoms with Crippen LogP contribution in [0.5, 0.6) is 0 Å². The number of methoxy groups -OCH3 is 2. The maximum Gasteiger partial charge on any atom is 0.137 e. The summed E-state index contributed by atoms with van der Waals surface area (Å²) < 4.78 is 11.9. The Morgan fingerprint density at radius 2 is 1.78 bits per heavy atom. The fraction of sp³-hybridized carbons (Fsp3) is 0.417. The number of piperidine rings is 1. The Balaban J connectivity index is 1.78. The molecule has 27 heavy (non-hydrogen) atoms. The van der Waals surface area contributed by atoms with Gasteiger partial charge in [0, 0.05) is 26.2 Å². The molecule has 0 amide bonds. The molecule has 0 aromatic heterocycles. The molecule has 0 radical (unpaired) electrons. The number of fused-ring (bicyclic) bond motifs is 3. The molecule has 3 nitrogen and oxygen atoms in total. The molecule has 5 unspecified atom stereocenters. The van der Waals surface area contributed by atoms with Crippen molar-refractivity contribution >= 4 is 0 Å². The normalized spacial score (nSPS) is 28.8. The van der Waals surface area contributed by atoms with Gasteiger partial charge in [-0.15, -0.1) is 6.58 Å². The van der Waals surface area contributed by atoms with Gasteiger partial charge in [0.1, 0.15) is 6.23 Å². The highest BCUT2D eigenvalue weighted by Crippen LogP contribution is 2.46. The number of rotatable bonds is 5. The van der Waals surface area contributed by atoms with Crippen molar-refractivity contribution in [2.24, 2.45) is 0 Å². The molecule has 0 saturated carbocycles. The van der Waals surface area contributed by atoms with Gasteiger partial charge in [0.2, 0.25) is 0 Å². The first-order valence-electron chi connectivity index (χ1n) is 9.86. The summed E-state index contributed by atoms with van der Waals surface area (Å²) in [5.41, 5.74) is 4.22. The molecule has 2 aliphatic rings. The van der Waals surface area contributed by atoms with Crippen LogP contribution < -0.4 is 0 Å². The zero-order chi connectivity index (χ0) is 18.8. The van der Waals surface area contributed by atoms with E-state index < -0.39 is 0 Å². The molecule has 2 aromatic carbocycles. The van der Waals surface area contributed by atoms with Crippen LogP contribution in [0.2, 0.25) is 0 Å². The Kier molecular flexibility index (Phi) is 5.44. The number of nitrogens with zero attached hydrogens (tertiary/aromatic N) is 1. The van der Waals surface area contributed by atoms with Gasteiger partial charge in [0.05, 0.1) is 12.1 Å². The quantitative estimate of drug-likeness (QED) is 0.719. The molecule has 1 heterocycles. The largest absolute Gasteiger partial charge is 0.377 e. The molecule has 0 N–H and O–H groups in total. The van der Waals surface area contributed by atoms with Crippen LogP contribution in [0.25, 0.3) is 0 Å². The number of aryl methyl sites for hydroxylation is 1. The summed E-state index contributed by atoms with van der Waals surface area (Å²) in [6, 6.07) is 20.0. The molecule has 1 fully saturated rings. The van der Waals surface area contributed by atoms with E-state index in [-0.39, 0.29) is 18.4 Å². The zero-order valence-electron chi connectivity index (χ0n) is 16.3. The minimum Gasteiger partial charge on any atom is -0.377 e. The van der Waals surface area contributed by atoms with Crippen LogP contribution in [0.3, 0.4) is 0 Å². The molecule has 1 aliphatic heterocycles. The van der Waals surface area contributed by atoms with Crippen LogP contribution in [0.4, 0.5) is 0 Å². The van der Waals surface area contributed by atoms with Crippen molar-refractivity contribution in [3.8, 4) is 0 Å². The zero-order valence-corrected chi connectivity index (χ0v) is 16.3. The number of hydrogen-bond donors (Lipinski definition) is 0. The average molecular weight is 364 g/mol. The fourth-order valence-electron chi connectivity index (χ4n) is 5.15. The summed E-state index contributed by atoms with van der Waals surface area (Å²) in [6.45, 7) is 4.18. The van der Waals surface area contributed by atoms with Crippen molar-refractivity contribution in [3.05, 3.63) is 83.9 Å². The van der Waals surface area contributed by atoms with Gasteiger partial charge in [-0.05, 0) is 36.0 Å². The number of benzene rings is 2. The van der Waals surface area contributed by atoms with Gasteiger partial charge >= 0.3 is 0 Å². The lowest BCUT2D eigenvalue weighted by Crippen LogP contribution is -2.59. The van der Waals surface area contributed by atoms with E-state index in [2.05, 4.69) is 72.2 Å². The standard InChI is InChI=1S/C24H29NO2/c1-4-21(18-11-6-5-7-12-18)25-22-15-14-17-10-8-9-13-19(17)20(22)16-23(26-2)24(25)27-3/h4-13,20-24H,1,14-16H2,2-3H3. The smallest absolute Gasteiger partial charge is 0.137 e. The van der Waals surface area contributed by atoms with Crippen molar-refractivity contribution in [1.82, 2.24) is 4.90 Å². The summed E-state index contributed by atoms with van der Waals surface area (Å²) in [4.78, 5) is 2.51. The van der Waals surface area contributed by atoms with E-state index in [1.807, 2.05) is 0 Å². The van der Waals surface area contributed by atoms with E-state index >= 15 is 0 Å². The molecule has 142 valence electrons. The first kappa shape index (κ1) is 18.4. The van der Waals surface area contributed by atoms with Gasteiger partial charge in [0.15, 0.2) is 0 Å². The monoisotopic (exact) mass is 363 g/mol. The predicted octanol–water partition coefficient (Wildman–Crippen LogP) is 4.71. The second-order valence-corrected chi connectivity index (χ2v) is 7.59. The van der Waals surface area contributed by atoms with E-state index in [9.17, 15) is 0 Å². The minimum atomic E-state index is -0.0790. The van der Waals surface area contributed by atoms with Gasteiger partial charge in [-0.1, -0.05) is 60.7 Å². The van der Waals surface area contributed by atoms with Gasteiger partial charge in [0.25, 0.3) is 0 Å². The van der Waals surface area contributed by atoms with E-state index in [1.165, 1.54) is 16.7 Å². The van der Waals surface area contributed by atoms with Crippen molar-refractivity contribution in [3.63, 3.8) is 0 Å². The first-order chi connectivity index (χ1) is 13.3. The third-order valence-electron chi connectivity index (χ3n) is 6.34. The number of hydrogen-bond acceptors (Lipinski definition) is 3. The van der Waals surface area contributed by atoms with Gasteiger partial charge < -0.3 is 9.47 Å². The van der Waals surface area contributed by atoms with E-state index in [0.29, 0.717) is 12.0 Å². The summed E-state index contributed by atoms with van der Waals surface area (Å²) in [6.07, 6.45) is 5.25. The number of likely N-dealkylation sites (tertiary alicyclic amines) is 1. The first-order valence-corrected chi connectivity index (χ1v) is 9.86. The van der Waals surface area contributed by atoms with Gasteiger partial charge in [-0.2, -0.15) is 0 Å². The highest BCUT2D eigenvalue weighted by Gasteiger charge is 2.48. The lowest BCUT2D eigenvalue weighted by molar-refractivity contribution is -0.176. The van der Waals surface area contributed by atoms with Crippen molar-refractivity contribution in [2.75, 3.05) is 14.2 Å². The van der Waals surface area contributed by atoms with Crippen LogP contribution in [-0.2, 0) is 15.9 Å². The summed E-state index contributed by atoms with van der Waals surface area (Å²) in [7, 11) is 3.60. The van der Waals surface area contributed by atoms with Crippen LogP contribution in [0.15, 0.2) is 67.3 Å². The Bertz CT molecular complexity index is 775. The number of ether oxygens (including phenoxy) is 2. The van der Waals surface area contributed by atoms with E-state index in [0.717, 1.165) is 19.3 Å². The maximum atomic E-state index is 6.00. The van der Waals surface area contributed by atoms with Crippen molar-refractivity contribution in [2.45, 2.75) is 49.6 Å². The summed E-state index contributed by atoms with van der Waals surface area (Å²) in [5.74, 6) is 0.456. The fourth-order valence-corrected chi connectivity index (χ4v) is 5.15. The summed E-state index contributed by atoms with van der Waals surface area (Å²) >= 11 is 0. The Morgan fingerprint density at radius 3 is 2.48 bits per heavy atom. The third-order valence-corrected chi connectivity index (χ3v) is 6.34. The SMILES string of the molecule is C=CC(c1ccccc1)N1C2CCc3ccccc3C2CC(OC)C1OC. The van der Waals surface area contributed by atoms with Crippen molar-refractivity contribution in [1.29, 1.82) is 0 Å². The third kappa shape index (κ3) is 3.25. The van der Waals surface area contributed by atoms with Gasteiger partial charge in [-0.25, -0.2) is 0 Å². The van der Waals surface area contributed by atoms with Crippen LogP contribution in [0.1, 0.15) is 41.5 Å². The average Bonchev–Trinajstić information content (AvgIpc) is 2.74. The molecule has 5 atom stereocenters. The minimum absolute atomic E-state index is 0.0357. The molecule has 0 bridgehead atoms. The molecule has 1 saturated heterocycles. The topological polar surface area (TPSA) is 21.7 Å². The van der Waals surface area contributed by atoms with E-state index in [1.54, 1.807) is 14.2 Å². The second kappa shape index (κ2) is 7.97. The second-order valence-electron chi connectivity index (χ2n) is 7.59. The highest BCUT2D eigenvalue weighted by atomic mass is 16.5. The van der Waals surface area contributed by atoms with Crippen molar-refractivity contribution < 1.29 is 9.47 Å². The lowest BCUT2D eigenvalue weighted by Gasteiger charge is -2.53. The molecular formula is C24H29NO2. The van der Waals surface area contributed by atoms with E-state index in [4.69, 9.17) is 9.47 Å². The molecule has 1 aliphatic carbocycles. The highest BCUT2D eigenvalue weighted by molar-refractivity contribution is 5.36. The molecule has 0 spiro atoms. The Hall–Kier alpha value is -1.94. The predicted molar refractivity (Wildman–Crippen MR) is 109 cm³/mol. The van der Waals surface area contributed by atoms with Crippen LogP contribution in [-0.4, -0.2) is 37.5 Å². The van der Waals surface area contributed by atoms with Crippen LogP contribution in [0, 0.1) is 0 Å². The molecular weight excluding hydrogens is 334 g/mol. The lowest BCUT2D eigenvalue weighted by atomic mass is 9.72. The molecule has 3 heteroatoms. The van der Waals surface area contributed by atoms with Crippen LogP contribution >= 0.6 is 0 Å². The Labute approximate surface area is 162 Å². The summed E-state index contributed by atoms with van der Waals surface area (Å²) in [5, 5.41) is 0. The van der Waals surface area contributed by atoms with Gasteiger partial charge in [-0.3, -0.25) is 4.90 Å². The Morgan fingerprint density at radius 1 is 1.04 bits per heavy atom.